The molecule has 92 valence electrons. The zero-order valence-corrected chi connectivity index (χ0v) is 10.9. The van der Waals surface area contributed by atoms with E-state index in [-0.39, 0.29) is 6.04 Å². The summed E-state index contributed by atoms with van der Waals surface area (Å²) in [6.45, 7) is 5.56. The van der Waals surface area contributed by atoms with Crippen molar-refractivity contribution in [2.45, 2.75) is 32.2 Å². The van der Waals surface area contributed by atoms with Crippen LogP contribution in [0.3, 0.4) is 0 Å². The van der Waals surface area contributed by atoms with E-state index >= 15 is 0 Å². The molecule has 1 atom stereocenters. The molecular formula is C10H20N4OS. The monoisotopic (exact) mass is 244 g/mol. The van der Waals surface area contributed by atoms with Crippen LogP contribution < -0.4 is 11.1 Å². The highest BCUT2D eigenvalue weighted by Crippen LogP contribution is 2.17. The number of anilines is 1. The van der Waals surface area contributed by atoms with E-state index in [1.54, 1.807) is 7.11 Å². The topological polar surface area (TPSA) is 73.1 Å². The summed E-state index contributed by atoms with van der Waals surface area (Å²) in [5.74, 6) is 1.27. The van der Waals surface area contributed by atoms with E-state index in [0.717, 1.165) is 23.9 Å². The summed E-state index contributed by atoms with van der Waals surface area (Å²) in [6.07, 6.45) is 0.866. The van der Waals surface area contributed by atoms with Gasteiger partial charge in [0, 0.05) is 37.1 Å². The van der Waals surface area contributed by atoms with Crippen molar-refractivity contribution in [3.8, 4) is 0 Å². The number of ether oxygens (including phenoxy) is 1. The average molecular weight is 244 g/mol. The van der Waals surface area contributed by atoms with Crippen LogP contribution in [0.2, 0.25) is 0 Å². The minimum absolute atomic E-state index is 0.0787. The number of hydrogen-bond acceptors (Lipinski definition) is 6. The Kier molecular flexibility index (Phi) is 5.65. The van der Waals surface area contributed by atoms with Gasteiger partial charge in [0.25, 0.3) is 0 Å². The van der Waals surface area contributed by atoms with E-state index in [1.165, 1.54) is 11.5 Å². The Morgan fingerprint density at radius 2 is 2.25 bits per heavy atom. The molecule has 16 heavy (non-hydrogen) atoms. The Morgan fingerprint density at radius 3 is 2.81 bits per heavy atom. The molecule has 1 heterocycles. The van der Waals surface area contributed by atoms with Crippen molar-refractivity contribution < 1.29 is 4.74 Å². The molecule has 0 radical (unpaired) electrons. The number of aromatic nitrogens is 2. The molecule has 0 spiro atoms. The zero-order valence-electron chi connectivity index (χ0n) is 10.1. The Balaban J connectivity index is 2.26. The van der Waals surface area contributed by atoms with E-state index in [2.05, 4.69) is 28.5 Å². The summed E-state index contributed by atoms with van der Waals surface area (Å²) in [4.78, 5) is 4.38. The van der Waals surface area contributed by atoms with Gasteiger partial charge in [0.1, 0.15) is 5.82 Å². The summed E-state index contributed by atoms with van der Waals surface area (Å²) < 4.78 is 9.23. The summed E-state index contributed by atoms with van der Waals surface area (Å²) in [7, 11) is 1.66. The first-order valence-corrected chi connectivity index (χ1v) is 6.22. The predicted molar refractivity (Wildman–Crippen MR) is 67.0 cm³/mol. The lowest BCUT2D eigenvalue weighted by Crippen LogP contribution is -2.28. The van der Waals surface area contributed by atoms with Crippen LogP contribution in [0.25, 0.3) is 0 Å². The zero-order chi connectivity index (χ0) is 12.0. The molecule has 0 amide bonds. The van der Waals surface area contributed by atoms with Gasteiger partial charge in [-0.25, -0.2) is 4.98 Å². The molecule has 0 bridgehead atoms. The lowest BCUT2D eigenvalue weighted by Gasteiger charge is -2.09. The largest absolute Gasteiger partial charge is 0.383 e. The first-order valence-electron chi connectivity index (χ1n) is 5.45. The van der Waals surface area contributed by atoms with Gasteiger partial charge in [0.05, 0.1) is 6.61 Å². The molecular weight excluding hydrogens is 224 g/mol. The fourth-order valence-electron chi connectivity index (χ4n) is 1.20. The second kappa shape index (κ2) is 6.78. The second-order valence-electron chi connectivity index (χ2n) is 4.04. The fraction of sp³-hybridized carbons (Fsp3) is 0.800. The highest BCUT2D eigenvalue weighted by atomic mass is 32.1. The first kappa shape index (κ1) is 13.3. The van der Waals surface area contributed by atoms with Crippen LogP contribution in [-0.4, -0.2) is 35.7 Å². The Bertz CT molecular complexity index is 303. The molecule has 1 aromatic heterocycles. The summed E-state index contributed by atoms with van der Waals surface area (Å²) >= 11 is 1.40. The maximum Gasteiger partial charge on any atom is 0.202 e. The molecule has 1 rings (SSSR count). The Labute approximate surface area is 101 Å². The molecule has 0 aliphatic carbocycles. The molecule has 0 saturated heterocycles. The normalized spacial score (nSPS) is 13.1. The lowest BCUT2D eigenvalue weighted by molar-refractivity contribution is 0.178. The number of nitrogens with two attached hydrogens (primary N) is 1. The molecule has 0 aromatic carbocycles. The van der Waals surface area contributed by atoms with Gasteiger partial charge in [-0.1, -0.05) is 13.8 Å². The highest BCUT2D eigenvalue weighted by Gasteiger charge is 2.07. The van der Waals surface area contributed by atoms with E-state index in [4.69, 9.17) is 10.5 Å². The van der Waals surface area contributed by atoms with Crippen LogP contribution >= 0.6 is 11.5 Å². The molecule has 0 aliphatic heterocycles. The van der Waals surface area contributed by atoms with Gasteiger partial charge in [0.2, 0.25) is 5.13 Å². The number of rotatable bonds is 7. The van der Waals surface area contributed by atoms with Crippen molar-refractivity contribution in [3.05, 3.63) is 5.82 Å². The maximum absolute atomic E-state index is 5.80. The molecule has 5 nitrogen and oxygen atoms in total. The molecule has 0 fully saturated rings. The van der Waals surface area contributed by atoms with Crippen LogP contribution in [0.1, 0.15) is 32.0 Å². The van der Waals surface area contributed by atoms with Crippen molar-refractivity contribution in [1.82, 2.24) is 9.36 Å². The van der Waals surface area contributed by atoms with Crippen LogP contribution in [0.4, 0.5) is 5.13 Å². The van der Waals surface area contributed by atoms with E-state index in [0.29, 0.717) is 12.5 Å². The number of nitrogens with zero attached hydrogens (tertiary/aromatic N) is 2. The second-order valence-corrected chi connectivity index (χ2v) is 4.80. The smallest absolute Gasteiger partial charge is 0.202 e. The third kappa shape index (κ3) is 4.42. The Morgan fingerprint density at radius 1 is 1.50 bits per heavy atom. The third-order valence-electron chi connectivity index (χ3n) is 2.13. The minimum Gasteiger partial charge on any atom is -0.383 e. The van der Waals surface area contributed by atoms with Crippen molar-refractivity contribution in [3.63, 3.8) is 0 Å². The van der Waals surface area contributed by atoms with Crippen LogP contribution in [0.15, 0.2) is 0 Å². The van der Waals surface area contributed by atoms with Gasteiger partial charge in [-0.3, -0.25) is 0 Å². The van der Waals surface area contributed by atoms with Crippen LogP contribution in [-0.2, 0) is 4.74 Å². The van der Waals surface area contributed by atoms with Gasteiger partial charge < -0.3 is 15.8 Å². The number of nitrogens with one attached hydrogen (secondary N) is 1. The Hall–Kier alpha value is -0.720. The highest BCUT2D eigenvalue weighted by molar-refractivity contribution is 7.09. The van der Waals surface area contributed by atoms with Crippen molar-refractivity contribution >= 4 is 16.7 Å². The van der Waals surface area contributed by atoms with E-state index in [9.17, 15) is 0 Å². The predicted octanol–water partition coefficient (Wildman–Crippen LogP) is 1.44. The molecule has 0 aliphatic rings. The average Bonchev–Trinajstić information content (AvgIpc) is 2.67. The van der Waals surface area contributed by atoms with Gasteiger partial charge >= 0.3 is 0 Å². The summed E-state index contributed by atoms with van der Waals surface area (Å²) in [6, 6.07) is 0.0787. The van der Waals surface area contributed by atoms with Crippen molar-refractivity contribution in [1.29, 1.82) is 0 Å². The van der Waals surface area contributed by atoms with Crippen molar-refractivity contribution in [2.24, 2.45) is 5.73 Å². The minimum atomic E-state index is 0.0787. The van der Waals surface area contributed by atoms with Gasteiger partial charge in [-0.05, 0) is 6.42 Å². The third-order valence-corrected chi connectivity index (χ3v) is 2.82. The van der Waals surface area contributed by atoms with Crippen LogP contribution in [0, 0.1) is 0 Å². The summed E-state index contributed by atoms with van der Waals surface area (Å²) in [5.41, 5.74) is 5.80. The van der Waals surface area contributed by atoms with Gasteiger partial charge in [0.15, 0.2) is 0 Å². The summed E-state index contributed by atoms with van der Waals surface area (Å²) in [5, 5.41) is 4.09. The molecule has 0 saturated carbocycles. The fourth-order valence-corrected chi connectivity index (χ4v) is 1.94. The first-order chi connectivity index (χ1) is 7.63. The molecule has 1 unspecified atom stereocenters. The van der Waals surface area contributed by atoms with Gasteiger partial charge in [-0.2, -0.15) is 4.37 Å². The van der Waals surface area contributed by atoms with E-state index < -0.39 is 0 Å². The molecule has 6 heteroatoms. The maximum atomic E-state index is 5.80. The quantitative estimate of drug-likeness (QED) is 0.759. The van der Waals surface area contributed by atoms with Crippen LogP contribution in [0.5, 0.6) is 0 Å². The van der Waals surface area contributed by atoms with E-state index in [1.807, 2.05) is 0 Å². The molecule has 1 aromatic rings. The van der Waals surface area contributed by atoms with Gasteiger partial charge in [-0.15, -0.1) is 0 Å². The number of methoxy groups -OCH3 is 1. The SMILES string of the molecule is COCC(N)CCNc1nc(C(C)C)ns1. The van der Waals surface area contributed by atoms with Crippen molar-refractivity contribution in [2.75, 3.05) is 25.6 Å². The molecule has 3 N–H and O–H groups in total. The standard InChI is InChI=1S/C10H20N4OS/c1-7(2)9-13-10(16-14-9)12-5-4-8(11)6-15-3/h7-8H,4-6,11H2,1-3H3,(H,12,13,14). The number of hydrogen-bond donors (Lipinski definition) is 2. The lowest BCUT2D eigenvalue weighted by atomic mass is 10.2.